The number of rotatable bonds is 2. The Morgan fingerprint density at radius 1 is 1.10 bits per heavy atom. The van der Waals surface area contributed by atoms with Crippen molar-refractivity contribution in [2.45, 2.75) is 25.0 Å². The molecule has 3 heterocycles. The first-order valence-electron chi connectivity index (χ1n) is 9.97. The third kappa shape index (κ3) is 2.70. The lowest BCUT2D eigenvalue weighted by Crippen LogP contribution is -2.28. The molecule has 6 rings (SSSR count). The van der Waals surface area contributed by atoms with Crippen molar-refractivity contribution in [3.8, 4) is 5.95 Å². The maximum absolute atomic E-state index is 14.0. The minimum absolute atomic E-state index is 0.353. The first-order chi connectivity index (χ1) is 15.1. The zero-order chi connectivity index (χ0) is 21.1. The van der Waals surface area contributed by atoms with Crippen molar-refractivity contribution in [2.24, 2.45) is 0 Å². The molecule has 154 valence electrons. The van der Waals surface area contributed by atoms with E-state index in [1.54, 1.807) is 23.2 Å². The molecule has 1 aliphatic carbocycles. The van der Waals surface area contributed by atoms with Crippen LogP contribution in [0.15, 0.2) is 59.8 Å². The summed E-state index contributed by atoms with van der Waals surface area (Å²) in [7, 11) is 0. The Bertz CT molecular complexity index is 1520. The fourth-order valence-corrected chi connectivity index (χ4v) is 4.46. The minimum Gasteiger partial charge on any atom is -0.388 e. The number of aromatic nitrogens is 6. The molecule has 3 aromatic heterocycles. The molecule has 2 atom stereocenters. The summed E-state index contributed by atoms with van der Waals surface area (Å²) in [5, 5.41) is 10.4. The van der Waals surface area contributed by atoms with Crippen LogP contribution in [0.25, 0.3) is 28.1 Å². The molecule has 2 N–H and O–H groups in total. The van der Waals surface area contributed by atoms with Crippen molar-refractivity contribution in [1.29, 1.82) is 0 Å². The number of aliphatic hydroxyl groups is 1. The fraction of sp³-hybridized carbons (Fsp3) is 0.182. The number of para-hydroxylation sites is 2. The highest BCUT2D eigenvalue weighted by molar-refractivity contribution is 5.77. The Morgan fingerprint density at radius 2 is 1.97 bits per heavy atom. The van der Waals surface area contributed by atoms with Crippen molar-refractivity contribution in [1.82, 2.24) is 29.1 Å². The summed E-state index contributed by atoms with van der Waals surface area (Å²) in [6.45, 7) is 0. The Balaban J connectivity index is 1.56. The van der Waals surface area contributed by atoms with Gasteiger partial charge < -0.3 is 10.1 Å². The number of H-pyrrole nitrogens is 1. The van der Waals surface area contributed by atoms with E-state index in [1.807, 2.05) is 24.3 Å². The SMILES string of the molecule is O=c1[nH]c2cnc(-n3cnc4ccccc43)nc2n1C1CCC(O)c2ccc(F)cc21. The monoisotopic (exact) mass is 416 g/mol. The second-order valence-electron chi connectivity index (χ2n) is 7.69. The highest BCUT2D eigenvalue weighted by Gasteiger charge is 2.30. The number of benzene rings is 2. The van der Waals surface area contributed by atoms with E-state index in [9.17, 15) is 14.3 Å². The highest BCUT2D eigenvalue weighted by atomic mass is 19.1. The predicted molar refractivity (Wildman–Crippen MR) is 112 cm³/mol. The van der Waals surface area contributed by atoms with Gasteiger partial charge in [-0.3, -0.25) is 9.13 Å². The smallest absolute Gasteiger partial charge is 0.328 e. The molecular formula is C22H17FN6O2. The average molecular weight is 416 g/mol. The highest BCUT2D eigenvalue weighted by Crippen LogP contribution is 2.39. The van der Waals surface area contributed by atoms with Crippen molar-refractivity contribution in [3.05, 3.63) is 82.4 Å². The quantitative estimate of drug-likeness (QED) is 0.461. The Morgan fingerprint density at radius 3 is 2.87 bits per heavy atom. The minimum atomic E-state index is -0.685. The molecule has 0 spiro atoms. The standard InChI is InChI=1S/C22H17FN6O2/c23-12-5-6-13-14(9-12)17(7-8-19(13)30)29-20-16(26-22(29)31)10-24-21(27-20)28-11-25-15-3-1-2-4-18(15)28/h1-6,9-11,17,19,30H,7-8H2,(H,26,31). The average Bonchev–Trinajstić information content (AvgIpc) is 3.34. The van der Waals surface area contributed by atoms with Crippen molar-refractivity contribution in [2.75, 3.05) is 0 Å². The number of fused-ring (bicyclic) bond motifs is 3. The van der Waals surface area contributed by atoms with Crippen LogP contribution in [0.4, 0.5) is 4.39 Å². The second kappa shape index (κ2) is 6.58. The zero-order valence-electron chi connectivity index (χ0n) is 16.2. The normalized spacial score (nSPS) is 18.5. The number of hydrogen-bond donors (Lipinski definition) is 2. The molecule has 0 aliphatic heterocycles. The van der Waals surface area contributed by atoms with E-state index in [1.165, 1.54) is 16.7 Å². The van der Waals surface area contributed by atoms with Gasteiger partial charge in [0.05, 0.1) is 29.4 Å². The van der Waals surface area contributed by atoms with Crippen molar-refractivity contribution in [3.63, 3.8) is 0 Å². The number of aromatic amines is 1. The van der Waals surface area contributed by atoms with Crippen molar-refractivity contribution < 1.29 is 9.50 Å². The molecule has 5 aromatic rings. The molecule has 8 nitrogen and oxygen atoms in total. The summed E-state index contributed by atoms with van der Waals surface area (Å²) >= 11 is 0. The van der Waals surface area contributed by atoms with E-state index in [0.717, 1.165) is 11.0 Å². The molecule has 2 unspecified atom stereocenters. The largest absolute Gasteiger partial charge is 0.388 e. The zero-order valence-corrected chi connectivity index (χ0v) is 16.2. The summed E-state index contributed by atoms with van der Waals surface area (Å²) in [5.74, 6) is -0.0322. The van der Waals surface area contributed by atoms with Gasteiger partial charge in [-0.05, 0) is 48.2 Å². The first-order valence-corrected chi connectivity index (χ1v) is 9.97. The maximum atomic E-state index is 14.0. The lowest BCUT2D eigenvalue weighted by molar-refractivity contribution is 0.147. The molecule has 0 saturated heterocycles. The van der Waals surface area contributed by atoms with Gasteiger partial charge in [0.2, 0.25) is 5.95 Å². The van der Waals surface area contributed by atoms with Crippen LogP contribution in [-0.4, -0.2) is 34.2 Å². The van der Waals surface area contributed by atoms with Crippen LogP contribution in [-0.2, 0) is 0 Å². The van der Waals surface area contributed by atoms with E-state index in [-0.39, 0.29) is 5.69 Å². The van der Waals surface area contributed by atoms with E-state index in [0.29, 0.717) is 41.1 Å². The number of hydrogen-bond acceptors (Lipinski definition) is 5. The van der Waals surface area contributed by atoms with Gasteiger partial charge >= 0.3 is 5.69 Å². The van der Waals surface area contributed by atoms with Crippen LogP contribution in [0.5, 0.6) is 0 Å². The van der Waals surface area contributed by atoms with Crippen LogP contribution in [0, 0.1) is 5.82 Å². The van der Waals surface area contributed by atoms with Gasteiger partial charge in [0.25, 0.3) is 0 Å². The summed E-state index contributed by atoms with van der Waals surface area (Å²) in [6.07, 6.45) is 3.47. The molecule has 1 aliphatic rings. The van der Waals surface area contributed by atoms with E-state index in [4.69, 9.17) is 0 Å². The van der Waals surface area contributed by atoms with E-state index in [2.05, 4.69) is 19.9 Å². The maximum Gasteiger partial charge on any atom is 0.328 e. The van der Waals surface area contributed by atoms with Gasteiger partial charge in [0, 0.05) is 0 Å². The van der Waals surface area contributed by atoms with Crippen LogP contribution < -0.4 is 5.69 Å². The number of nitrogens with one attached hydrogen (secondary N) is 1. The number of nitrogens with zero attached hydrogens (tertiary/aromatic N) is 5. The molecule has 9 heteroatoms. The number of aliphatic hydroxyl groups excluding tert-OH is 1. The van der Waals surface area contributed by atoms with E-state index < -0.39 is 18.0 Å². The van der Waals surface area contributed by atoms with Crippen LogP contribution >= 0.6 is 0 Å². The lowest BCUT2D eigenvalue weighted by atomic mass is 9.85. The third-order valence-corrected chi connectivity index (χ3v) is 5.91. The number of halogens is 1. The lowest BCUT2D eigenvalue weighted by Gasteiger charge is -2.29. The molecule has 31 heavy (non-hydrogen) atoms. The molecular weight excluding hydrogens is 399 g/mol. The topological polar surface area (TPSA) is 102 Å². The van der Waals surface area contributed by atoms with Crippen LogP contribution in [0.1, 0.15) is 36.1 Å². The van der Waals surface area contributed by atoms with Gasteiger partial charge in [0.1, 0.15) is 17.7 Å². The Hall–Kier alpha value is -3.85. The Kier molecular flexibility index (Phi) is 3.81. The molecule has 2 aromatic carbocycles. The molecule has 0 bridgehead atoms. The van der Waals surface area contributed by atoms with Gasteiger partial charge in [-0.2, -0.15) is 4.98 Å². The Labute approximate surface area is 174 Å². The summed E-state index contributed by atoms with van der Waals surface area (Å²) in [4.78, 5) is 29.1. The summed E-state index contributed by atoms with van der Waals surface area (Å²) < 4.78 is 17.3. The number of imidazole rings is 2. The predicted octanol–water partition coefficient (Wildman–Crippen LogP) is 3.01. The van der Waals surface area contributed by atoms with Crippen LogP contribution in [0.3, 0.4) is 0 Å². The van der Waals surface area contributed by atoms with Crippen molar-refractivity contribution >= 4 is 22.2 Å². The molecule has 0 radical (unpaired) electrons. The van der Waals surface area contributed by atoms with Gasteiger partial charge in [-0.1, -0.05) is 18.2 Å². The van der Waals surface area contributed by atoms with E-state index >= 15 is 0 Å². The van der Waals surface area contributed by atoms with Gasteiger partial charge in [0.15, 0.2) is 5.65 Å². The third-order valence-electron chi connectivity index (χ3n) is 5.91. The molecule has 0 saturated carbocycles. The van der Waals surface area contributed by atoms with Gasteiger partial charge in [-0.25, -0.2) is 19.2 Å². The first kappa shape index (κ1) is 18.0. The summed E-state index contributed by atoms with van der Waals surface area (Å²) in [5.41, 5.74) is 3.44. The second-order valence-corrected chi connectivity index (χ2v) is 7.69. The van der Waals surface area contributed by atoms with Gasteiger partial charge in [-0.15, -0.1) is 0 Å². The molecule has 0 fully saturated rings. The molecule has 0 amide bonds. The summed E-state index contributed by atoms with van der Waals surface area (Å²) in [6, 6.07) is 11.5. The van der Waals surface area contributed by atoms with Crippen LogP contribution in [0.2, 0.25) is 0 Å². The fourth-order valence-electron chi connectivity index (χ4n) is 4.46.